The topological polar surface area (TPSA) is 77.7 Å². The number of fused-ring (bicyclic) bond motifs is 2. The maximum atomic E-state index is 11.5. The van der Waals surface area contributed by atoms with E-state index >= 15 is 0 Å². The monoisotopic (exact) mass is 263 g/mol. The Balaban J connectivity index is 1.84. The summed E-state index contributed by atoms with van der Waals surface area (Å²) < 4.78 is 10.3. The Bertz CT molecular complexity index is 508. The first kappa shape index (κ1) is 12.4. The number of pyridine rings is 1. The SMILES string of the molecule is COC(=O)c1cccc(N2CC3CC(N)(CO3)C2)n1. The molecular formula is C13H17N3O3. The third kappa shape index (κ3) is 2.29. The molecule has 102 valence electrons. The summed E-state index contributed by atoms with van der Waals surface area (Å²) in [6.45, 7) is 2.04. The molecule has 2 fully saturated rings. The number of carbonyl (C=O) groups excluding carboxylic acids is 1. The second-order valence-corrected chi connectivity index (χ2v) is 5.25. The molecule has 2 bridgehead atoms. The van der Waals surface area contributed by atoms with Crippen LogP contribution in [0.1, 0.15) is 16.9 Å². The molecule has 6 nitrogen and oxygen atoms in total. The Kier molecular flexibility index (Phi) is 2.91. The van der Waals surface area contributed by atoms with Crippen LogP contribution in [0, 0.1) is 0 Å². The van der Waals surface area contributed by atoms with Crippen LogP contribution >= 0.6 is 0 Å². The number of nitrogens with two attached hydrogens (primary N) is 1. The molecule has 19 heavy (non-hydrogen) atoms. The highest BCUT2D eigenvalue weighted by atomic mass is 16.5. The van der Waals surface area contributed by atoms with Gasteiger partial charge in [0.25, 0.3) is 0 Å². The molecule has 1 aromatic rings. The van der Waals surface area contributed by atoms with Gasteiger partial charge in [-0.2, -0.15) is 0 Å². The number of aromatic nitrogens is 1. The number of ether oxygens (including phenoxy) is 2. The van der Waals surface area contributed by atoms with Crippen molar-refractivity contribution in [1.82, 2.24) is 4.98 Å². The minimum Gasteiger partial charge on any atom is -0.464 e. The molecule has 0 aliphatic carbocycles. The number of methoxy groups -OCH3 is 1. The van der Waals surface area contributed by atoms with Crippen LogP contribution < -0.4 is 10.6 Å². The molecule has 6 heteroatoms. The third-order valence-corrected chi connectivity index (χ3v) is 3.62. The van der Waals surface area contributed by atoms with Gasteiger partial charge >= 0.3 is 5.97 Å². The lowest BCUT2D eigenvalue weighted by Crippen LogP contribution is -2.55. The van der Waals surface area contributed by atoms with Crippen LogP contribution in [0.4, 0.5) is 5.82 Å². The summed E-state index contributed by atoms with van der Waals surface area (Å²) in [5.74, 6) is 0.313. The van der Waals surface area contributed by atoms with Crippen molar-refractivity contribution in [2.24, 2.45) is 5.73 Å². The highest BCUT2D eigenvalue weighted by molar-refractivity contribution is 5.87. The number of anilines is 1. The molecule has 0 aromatic carbocycles. The van der Waals surface area contributed by atoms with Crippen molar-refractivity contribution in [2.45, 2.75) is 18.1 Å². The van der Waals surface area contributed by atoms with Crippen LogP contribution in [0.5, 0.6) is 0 Å². The van der Waals surface area contributed by atoms with E-state index in [1.54, 1.807) is 12.1 Å². The van der Waals surface area contributed by atoms with Crippen LogP contribution in [0.2, 0.25) is 0 Å². The van der Waals surface area contributed by atoms with Gasteiger partial charge in [0, 0.05) is 13.1 Å². The highest BCUT2D eigenvalue weighted by Gasteiger charge is 2.43. The van der Waals surface area contributed by atoms with Gasteiger partial charge in [-0.15, -0.1) is 0 Å². The van der Waals surface area contributed by atoms with E-state index in [-0.39, 0.29) is 11.6 Å². The molecule has 0 amide bonds. The van der Waals surface area contributed by atoms with Crippen molar-refractivity contribution < 1.29 is 14.3 Å². The molecule has 2 aliphatic heterocycles. The summed E-state index contributed by atoms with van der Waals surface area (Å²) in [5, 5.41) is 0. The molecule has 2 unspecified atom stereocenters. The first-order valence-electron chi connectivity index (χ1n) is 6.30. The van der Waals surface area contributed by atoms with Crippen LogP contribution in [-0.4, -0.2) is 49.4 Å². The van der Waals surface area contributed by atoms with Crippen LogP contribution in [0.15, 0.2) is 18.2 Å². The highest BCUT2D eigenvalue weighted by Crippen LogP contribution is 2.31. The normalized spacial score (nSPS) is 29.4. The summed E-state index contributed by atoms with van der Waals surface area (Å²) in [4.78, 5) is 17.9. The predicted octanol–water partition coefficient (Wildman–Crippen LogP) is 0.175. The molecule has 3 rings (SSSR count). The van der Waals surface area contributed by atoms with Gasteiger partial charge in [-0.05, 0) is 18.6 Å². The van der Waals surface area contributed by atoms with Gasteiger partial charge in [0.05, 0.1) is 25.4 Å². The van der Waals surface area contributed by atoms with Crippen molar-refractivity contribution in [2.75, 3.05) is 31.7 Å². The molecular weight excluding hydrogens is 246 g/mol. The number of hydrogen-bond acceptors (Lipinski definition) is 6. The second-order valence-electron chi connectivity index (χ2n) is 5.25. The number of rotatable bonds is 2. The van der Waals surface area contributed by atoms with E-state index < -0.39 is 5.97 Å². The minimum atomic E-state index is -0.430. The van der Waals surface area contributed by atoms with E-state index in [2.05, 4.69) is 14.6 Å². The van der Waals surface area contributed by atoms with Crippen LogP contribution in [0.3, 0.4) is 0 Å². The smallest absolute Gasteiger partial charge is 0.356 e. The predicted molar refractivity (Wildman–Crippen MR) is 69.1 cm³/mol. The van der Waals surface area contributed by atoms with E-state index in [9.17, 15) is 4.79 Å². The number of carbonyl (C=O) groups is 1. The van der Waals surface area contributed by atoms with Crippen LogP contribution in [0.25, 0.3) is 0 Å². The number of hydrogen-bond donors (Lipinski definition) is 1. The molecule has 2 aliphatic rings. The molecule has 1 aromatic heterocycles. The van der Waals surface area contributed by atoms with Gasteiger partial charge in [-0.3, -0.25) is 0 Å². The van der Waals surface area contributed by atoms with Crippen molar-refractivity contribution in [3.8, 4) is 0 Å². The molecule has 2 atom stereocenters. The Morgan fingerprint density at radius 2 is 2.47 bits per heavy atom. The van der Waals surface area contributed by atoms with Gasteiger partial charge in [0.15, 0.2) is 5.69 Å². The van der Waals surface area contributed by atoms with E-state index in [0.717, 1.165) is 18.8 Å². The Morgan fingerprint density at radius 3 is 3.21 bits per heavy atom. The van der Waals surface area contributed by atoms with E-state index in [1.165, 1.54) is 7.11 Å². The summed E-state index contributed by atoms with van der Waals surface area (Å²) in [6, 6.07) is 5.32. The van der Waals surface area contributed by atoms with Crippen molar-refractivity contribution >= 4 is 11.8 Å². The number of nitrogens with zero attached hydrogens (tertiary/aromatic N) is 2. The lowest BCUT2D eigenvalue weighted by molar-refractivity contribution is 0.0594. The second kappa shape index (κ2) is 4.47. The fraction of sp³-hybridized carbons (Fsp3) is 0.538. The number of esters is 1. The van der Waals surface area contributed by atoms with Crippen molar-refractivity contribution in [1.29, 1.82) is 0 Å². The number of piperidine rings is 1. The fourth-order valence-electron chi connectivity index (χ4n) is 2.77. The Hall–Kier alpha value is -1.66. The summed E-state index contributed by atoms with van der Waals surface area (Å²) in [5.41, 5.74) is 6.28. The van der Waals surface area contributed by atoms with Crippen molar-refractivity contribution in [3.05, 3.63) is 23.9 Å². The lowest BCUT2D eigenvalue weighted by Gasteiger charge is -2.36. The molecule has 2 N–H and O–H groups in total. The Morgan fingerprint density at radius 1 is 1.63 bits per heavy atom. The Labute approximate surface area is 111 Å². The quantitative estimate of drug-likeness (QED) is 0.767. The van der Waals surface area contributed by atoms with Crippen molar-refractivity contribution in [3.63, 3.8) is 0 Å². The molecule has 0 saturated carbocycles. The van der Waals surface area contributed by atoms with Gasteiger partial charge in [-0.1, -0.05) is 6.07 Å². The average molecular weight is 263 g/mol. The first-order valence-corrected chi connectivity index (χ1v) is 6.30. The molecule has 3 heterocycles. The van der Waals surface area contributed by atoms with E-state index in [1.807, 2.05) is 6.07 Å². The zero-order chi connectivity index (χ0) is 13.5. The van der Waals surface area contributed by atoms with E-state index in [0.29, 0.717) is 18.8 Å². The minimum absolute atomic E-state index is 0.155. The average Bonchev–Trinajstić information content (AvgIpc) is 2.71. The summed E-state index contributed by atoms with van der Waals surface area (Å²) in [6.07, 6.45) is 1.04. The zero-order valence-corrected chi connectivity index (χ0v) is 10.8. The van der Waals surface area contributed by atoms with Gasteiger partial charge in [0.1, 0.15) is 5.82 Å². The largest absolute Gasteiger partial charge is 0.464 e. The zero-order valence-electron chi connectivity index (χ0n) is 10.8. The molecule has 2 saturated heterocycles. The first-order chi connectivity index (χ1) is 9.09. The van der Waals surface area contributed by atoms with Gasteiger partial charge in [-0.25, -0.2) is 9.78 Å². The summed E-state index contributed by atoms with van der Waals surface area (Å²) in [7, 11) is 1.35. The van der Waals surface area contributed by atoms with Gasteiger partial charge < -0.3 is 20.1 Å². The fourth-order valence-corrected chi connectivity index (χ4v) is 2.77. The third-order valence-electron chi connectivity index (χ3n) is 3.62. The van der Waals surface area contributed by atoms with Crippen LogP contribution in [-0.2, 0) is 9.47 Å². The summed E-state index contributed by atoms with van der Waals surface area (Å²) >= 11 is 0. The molecule has 0 radical (unpaired) electrons. The van der Waals surface area contributed by atoms with Gasteiger partial charge in [0.2, 0.25) is 0 Å². The van der Waals surface area contributed by atoms with E-state index in [4.69, 9.17) is 10.5 Å². The molecule has 0 spiro atoms. The standard InChI is InChI=1S/C13H17N3O3/c1-18-12(17)10-3-2-4-11(15-10)16-6-9-5-13(14,7-16)8-19-9/h2-4,9H,5-8,14H2,1H3. The lowest BCUT2D eigenvalue weighted by atomic mass is 9.92. The maximum absolute atomic E-state index is 11.5. The maximum Gasteiger partial charge on any atom is 0.356 e.